The van der Waals surface area contributed by atoms with Crippen molar-refractivity contribution in [1.29, 1.82) is 0 Å². The minimum absolute atomic E-state index is 0.106. The van der Waals surface area contributed by atoms with Gasteiger partial charge in [0, 0.05) is 17.3 Å². The van der Waals surface area contributed by atoms with Gasteiger partial charge in [-0.05, 0) is 29.8 Å². The number of nitrogens with one attached hydrogen (secondary N) is 1. The van der Waals surface area contributed by atoms with Crippen molar-refractivity contribution in [2.24, 2.45) is 0 Å². The summed E-state index contributed by atoms with van der Waals surface area (Å²) in [6, 6.07) is 13.3. The summed E-state index contributed by atoms with van der Waals surface area (Å²) in [7, 11) is 0. The van der Waals surface area contributed by atoms with Crippen LogP contribution in [0.3, 0.4) is 0 Å². The molecule has 0 radical (unpaired) electrons. The zero-order chi connectivity index (χ0) is 15.5. The van der Waals surface area contributed by atoms with Gasteiger partial charge < -0.3 is 10.2 Å². The fourth-order valence-electron chi connectivity index (χ4n) is 2.36. The monoisotopic (exact) mass is 336 g/mol. The smallest absolute Gasteiger partial charge is 0.308 e. The summed E-state index contributed by atoms with van der Waals surface area (Å²) in [6.45, 7) is 0.613. The molecule has 1 atom stereocenters. The molecule has 0 unspecified atom stereocenters. The first-order valence-electron chi connectivity index (χ1n) is 6.84. The summed E-state index contributed by atoms with van der Waals surface area (Å²) in [5.74, 6) is 0.393. The summed E-state index contributed by atoms with van der Waals surface area (Å²) in [6.07, 6.45) is 0. The molecule has 0 spiro atoms. The van der Waals surface area contributed by atoms with Gasteiger partial charge in [0.2, 0.25) is 0 Å². The molecule has 0 aliphatic carbocycles. The lowest BCUT2D eigenvalue weighted by Crippen LogP contribution is -2.34. The van der Waals surface area contributed by atoms with Crippen LogP contribution in [-0.2, 0) is 0 Å². The maximum atomic E-state index is 13.7. The molecule has 3 rings (SSSR count). The highest BCUT2D eigenvalue weighted by Gasteiger charge is 2.31. The van der Waals surface area contributed by atoms with Gasteiger partial charge in [0.1, 0.15) is 11.2 Å². The summed E-state index contributed by atoms with van der Waals surface area (Å²) in [5, 5.41) is 3.16. The lowest BCUT2D eigenvalue weighted by Gasteiger charge is -2.24. The molecule has 1 fully saturated rings. The highest BCUT2D eigenvalue weighted by atomic mass is 35.5. The number of para-hydroxylation sites is 1. The van der Waals surface area contributed by atoms with Crippen LogP contribution >= 0.6 is 23.4 Å². The molecule has 6 heteroatoms. The molecule has 1 N–H and O–H groups in total. The van der Waals surface area contributed by atoms with Crippen LogP contribution in [0, 0.1) is 5.82 Å². The number of benzene rings is 2. The standard InChI is InChI=1S/C16H14ClFN2OS/c17-12-5-3-4-11(10-12)15-20(8-9-22-15)16(21)19-14-7-2-1-6-13(14)18/h1-7,10,15H,8-9H2,(H,19,21)/t15-/m0/s1. The van der Waals surface area contributed by atoms with E-state index in [0.717, 1.165) is 11.3 Å². The van der Waals surface area contributed by atoms with Crippen LogP contribution in [0.25, 0.3) is 0 Å². The van der Waals surface area contributed by atoms with E-state index >= 15 is 0 Å². The predicted octanol–water partition coefficient (Wildman–Crippen LogP) is 4.76. The Hall–Kier alpha value is -1.72. The number of rotatable bonds is 2. The Labute approximate surface area is 137 Å². The predicted molar refractivity (Wildman–Crippen MR) is 88.8 cm³/mol. The number of nitrogens with zero attached hydrogens (tertiary/aromatic N) is 1. The Balaban J connectivity index is 1.78. The van der Waals surface area contributed by atoms with Crippen LogP contribution in [-0.4, -0.2) is 23.2 Å². The Kier molecular flexibility index (Phi) is 4.55. The molecule has 0 bridgehead atoms. The van der Waals surface area contributed by atoms with Crippen LogP contribution in [0.4, 0.5) is 14.9 Å². The van der Waals surface area contributed by atoms with Crippen molar-refractivity contribution in [2.45, 2.75) is 5.37 Å². The van der Waals surface area contributed by atoms with Gasteiger partial charge in [0.05, 0.1) is 5.69 Å². The minimum atomic E-state index is -0.443. The van der Waals surface area contributed by atoms with E-state index in [2.05, 4.69) is 5.32 Å². The molecule has 114 valence electrons. The van der Waals surface area contributed by atoms with Crippen molar-refractivity contribution < 1.29 is 9.18 Å². The second-order valence-electron chi connectivity index (χ2n) is 4.88. The van der Waals surface area contributed by atoms with Gasteiger partial charge in [-0.2, -0.15) is 0 Å². The van der Waals surface area contributed by atoms with Crippen LogP contribution in [0.2, 0.25) is 5.02 Å². The third-order valence-electron chi connectivity index (χ3n) is 3.40. The Bertz CT molecular complexity index is 697. The summed E-state index contributed by atoms with van der Waals surface area (Å²) >= 11 is 7.69. The second-order valence-corrected chi connectivity index (χ2v) is 6.51. The van der Waals surface area contributed by atoms with E-state index in [1.165, 1.54) is 6.07 Å². The molecule has 1 aliphatic heterocycles. The first-order valence-corrected chi connectivity index (χ1v) is 8.27. The van der Waals surface area contributed by atoms with E-state index in [1.54, 1.807) is 40.9 Å². The fraction of sp³-hybridized carbons (Fsp3) is 0.188. The van der Waals surface area contributed by atoms with Gasteiger partial charge in [-0.25, -0.2) is 9.18 Å². The molecule has 1 heterocycles. The number of carbonyl (C=O) groups excluding carboxylic acids is 1. The van der Waals surface area contributed by atoms with Gasteiger partial charge in [0.25, 0.3) is 0 Å². The van der Waals surface area contributed by atoms with Gasteiger partial charge in [-0.3, -0.25) is 0 Å². The number of hydrogen-bond acceptors (Lipinski definition) is 2. The molecule has 1 saturated heterocycles. The Morgan fingerprint density at radius 1 is 1.27 bits per heavy atom. The fourth-order valence-corrected chi connectivity index (χ4v) is 3.81. The topological polar surface area (TPSA) is 32.3 Å². The number of anilines is 1. The van der Waals surface area contributed by atoms with Crippen molar-refractivity contribution in [3.05, 3.63) is 64.9 Å². The molecule has 2 amide bonds. The summed E-state index contributed by atoms with van der Waals surface area (Å²) in [5.41, 5.74) is 1.16. The molecule has 0 saturated carbocycles. The maximum absolute atomic E-state index is 13.7. The third kappa shape index (κ3) is 3.20. The molecule has 0 aromatic heterocycles. The molecule has 3 nitrogen and oxygen atoms in total. The molecule has 2 aromatic rings. The maximum Gasteiger partial charge on any atom is 0.323 e. The van der Waals surface area contributed by atoms with E-state index in [4.69, 9.17) is 11.6 Å². The van der Waals surface area contributed by atoms with E-state index < -0.39 is 5.82 Å². The van der Waals surface area contributed by atoms with Crippen LogP contribution < -0.4 is 5.32 Å². The molecule has 1 aliphatic rings. The van der Waals surface area contributed by atoms with E-state index in [-0.39, 0.29) is 17.1 Å². The van der Waals surface area contributed by atoms with E-state index in [0.29, 0.717) is 11.6 Å². The quantitative estimate of drug-likeness (QED) is 0.857. The number of amides is 2. The number of halogens is 2. The van der Waals surface area contributed by atoms with Crippen molar-refractivity contribution in [1.82, 2.24) is 4.90 Å². The number of carbonyl (C=O) groups is 1. The average Bonchev–Trinajstić information content (AvgIpc) is 2.99. The third-order valence-corrected chi connectivity index (χ3v) is 4.90. The largest absolute Gasteiger partial charge is 0.323 e. The number of thioether (sulfide) groups is 1. The van der Waals surface area contributed by atoms with Crippen molar-refractivity contribution in [3.8, 4) is 0 Å². The lowest BCUT2D eigenvalue weighted by atomic mass is 10.2. The second kappa shape index (κ2) is 6.58. The molecular weight excluding hydrogens is 323 g/mol. The lowest BCUT2D eigenvalue weighted by molar-refractivity contribution is 0.214. The normalized spacial score (nSPS) is 17.5. The van der Waals surface area contributed by atoms with Gasteiger partial charge in [0.15, 0.2) is 0 Å². The van der Waals surface area contributed by atoms with Crippen LogP contribution in [0.1, 0.15) is 10.9 Å². The average molecular weight is 337 g/mol. The Morgan fingerprint density at radius 2 is 2.09 bits per heavy atom. The molecule has 2 aromatic carbocycles. The Morgan fingerprint density at radius 3 is 2.86 bits per heavy atom. The molecule has 22 heavy (non-hydrogen) atoms. The minimum Gasteiger partial charge on any atom is -0.308 e. The van der Waals surface area contributed by atoms with Crippen molar-refractivity contribution >= 4 is 35.1 Å². The number of urea groups is 1. The highest BCUT2D eigenvalue weighted by molar-refractivity contribution is 7.99. The number of hydrogen-bond donors (Lipinski definition) is 1. The van der Waals surface area contributed by atoms with E-state index in [1.807, 2.05) is 18.2 Å². The SMILES string of the molecule is O=C(Nc1ccccc1F)N1CCS[C@H]1c1cccc(Cl)c1. The summed E-state index contributed by atoms with van der Waals surface area (Å²) < 4.78 is 13.7. The van der Waals surface area contributed by atoms with Gasteiger partial charge in [-0.1, -0.05) is 35.9 Å². The van der Waals surface area contributed by atoms with Crippen LogP contribution in [0.15, 0.2) is 48.5 Å². The first kappa shape index (κ1) is 15.2. The van der Waals surface area contributed by atoms with Crippen molar-refractivity contribution in [2.75, 3.05) is 17.6 Å². The molecular formula is C16H14ClFN2OS. The first-order chi connectivity index (χ1) is 10.6. The zero-order valence-electron chi connectivity index (χ0n) is 11.6. The zero-order valence-corrected chi connectivity index (χ0v) is 13.2. The summed E-state index contributed by atoms with van der Waals surface area (Å²) in [4.78, 5) is 14.1. The van der Waals surface area contributed by atoms with Crippen LogP contribution in [0.5, 0.6) is 0 Å². The van der Waals surface area contributed by atoms with Gasteiger partial charge in [-0.15, -0.1) is 11.8 Å². The van der Waals surface area contributed by atoms with E-state index in [9.17, 15) is 9.18 Å². The van der Waals surface area contributed by atoms with Gasteiger partial charge >= 0.3 is 6.03 Å². The highest BCUT2D eigenvalue weighted by Crippen LogP contribution is 2.38. The van der Waals surface area contributed by atoms with Crippen molar-refractivity contribution in [3.63, 3.8) is 0 Å².